The van der Waals surface area contributed by atoms with E-state index >= 15 is 0 Å². The summed E-state index contributed by atoms with van der Waals surface area (Å²) in [6, 6.07) is 9.82. The van der Waals surface area contributed by atoms with Crippen LogP contribution in [0.15, 0.2) is 36.7 Å². The highest BCUT2D eigenvalue weighted by molar-refractivity contribution is 5.78. The third-order valence-electron chi connectivity index (χ3n) is 6.04. The molecule has 0 aliphatic carbocycles. The number of nitriles is 1. The van der Waals surface area contributed by atoms with Crippen LogP contribution >= 0.6 is 0 Å². The van der Waals surface area contributed by atoms with E-state index < -0.39 is 0 Å². The second kappa shape index (κ2) is 12.0. The number of hydrogen-bond acceptors (Lipinski definition) is 9. The Balaban J connectivity index is 1.53. The molecule has 0 unspecified atom stereocenters. The largest absolute Gasteiger partial charge is 0.490 e. The average molecular weight is 490 g/mol. The molecular formula is C25H31N9O2. The van der Waals surface area contributed by atoms with E-state index in [9.17, 15) is 10.1 Å². The molecule has 1 fully saturated rings. The molecule has 0 saturated carbocycles. The second-order valence-corrected chi connectivity index (χ2v) is 8.64. The van der Waals surface area contributed by atoms with Crippen molar-refractivity contribution in [2.75, 3.05) is 50.5 Å². The maximum absolute atomic E-state index is 12.3. The minimum Gasteiger partial charge on any atom is -0.490 e. The van der Waals surface area contributed by atoms with Gasteiger partial charge in [-0.25, -0.2) is 4.98 Å². The van der Waals surface area contributed by atoms with Gasteiger partial charge in [0.2, 0.25) is 5.91 Å². The highest BCUT2D eigenvalue weighted by Crippen LogP contribution is 2.35. The van der Waals surface area contributed by atoms with Crippen molar-refractivity contribution in [1.29, 1.82) is 5.26 Å². The Morgan fingerprint density at radius 2 is 2.14 bits per heavy atom. The summed E-state index contributed by atoms with van der Waals surface area (Å²) in [5.74, 6) is 2.65. The van der Waals surface area contributed by atoms with E-state index in [2.05, 4.69) is 42.2 Å². The Hall–Kier alpha value is -4.17. The molecule has 11 nitrogen and oxygen atoms in total. The molecule has 1 aliphatic heterocycles. The van der Waals surface area contributed by atoms with E-state index in [1.165, 1.54) is 0 Å². The first-order valence-corrected chi connectivity index (χ1v) is 12.0. The van der Waals surface area contributed by atoms with Crippen molar-refractivity contribution in [1.82, 2.24) is 30.4 Å². The van der Waals surface area contributed by atoms with E-state index in [0.29, 0.717) is 61.6 Å². The summed E-state index contributed by atoms with van der Waals surface area (Å²) in [5, 5.41) is 26.7. The van der Waals surface area contributed by atoms with Crippen molar-refractivity contribution < 1.29 is 9.53 Å². The maximum Gasteiger partial charge on any atom is 0.236 e. The Morgan fingerprint density at radius 1 is 1.31 bits per heavy atom. The molecule has 11 heteroatoms. The number of H-pyrrole nitrogens is 1. The lowest BCUT2D eigenvalue weighted by Gasteiger charge is -2.33. The van der Waals surface area contributed by atoms with Gasteiger partial charge in [0.25, 0.3) is 0 Å². The molecule has 0 aromatic carbocycles. The molecule has 0 atom stereocenters. The lowest BCUT2D eigenvalue weighted by molar-refractivity contribution is -0.131. The molecule has 36 heavy (non-hydrogen) atoms. The van der Waals surface area contributed by atoms with E-state index in [1.54, 1.807) is 19.4 Å². The molecule has 0 radical (unpaired) electrons. The van der Waals surface area contributed by atoms with E-state index in [4.69, 9.17) is 4.74 Å². The summed E-state index contributed by atoms with van der Waals surface area (Å²) in [5.41, 5.74) is 2.36. The van der Waals surface area contributed by atoms with Crippen LogP contribution in [0.2, 0.25) is 0 Å². The fourth-order valence-corrected chi connectivity index (χ4v) is 4.28. The highest BCUT2D eigenvalue weighted by Gasteiger charge is 2.27. The number of likely N-dealkylation sites (tertiary alicyclic amines) is 1. The molecule has 0 spiro atoms. The number of aryl methyl sites for hydroxylation is 1. The van der Waals surface area contributed by atoms with Gasteiger partial charge in [-0.1, -0.05) is 0 Å². The molecule has 1 amide bonds. The molecule has 1 aliphatic rings. The zero-order valence-corrected chi connectivity index (χ0v) is 20.5. The molecular weight excluding hydrogens is 458 g/mol. The van der Waals surface area contributed by atoms with Crippen molar-refractivity contribution in [3.63, 3.8) is 0 Å². The van der Waals surface area contributed by atoms with Crippen LogP contribution in [0, 0.1) is 18.3 Å². The predicted octanol–water partition coefficient (Wildman–Crippen LogP) is 2.54. The Morgan fingerprint density at radius 3 is 2.81 bits per heavy atom. The van der Waals surface area contributed by atoms with Crippen LogP contribution in [0.4, 0.5) is 17.5 Å². The number of piperidine rings is 1. The minimum absolute atomic E-state index is 0.0958. The third-order valence-corrected chi connectivity index (χ3v) is 6.04. The van der Waals surface area contributed by atoms with Gasteiger partial charge in [0.05, 0.1) is 24.8 Å². The summed E-state index contributed by atoms with van der Waals surface area (Å²) in [7, 11) is 1.77. The van der Waals surface area contributed by atoms with Crippen molar-refractivity contribution in [2.45, 2.75) is 25.7 Å². The molecule has 0 bridgehead atoms. The zero-order chi connectivity index (χ0) is 25.3. The summed E-state index contributed by atoms with van der Waals surface area (Å²) >= 11 is 0. The zero-order valence-electron chi connectivity index (χ0n) is 20.5. The van der Waals surface area contributed by atoms with Crippen LogP contribution < -0.4 is 20.7 Å². The summed E-state index contributed by atoms with van der Waals surface area (Å²) in [6.45, 7) is 4.40. The SMILES string of the molecule is CNCC(=O)N1CCC(c2cc(Nc3cc(C)[nH]n3)nc(NCCOc3cccnc3)c2C#N)CC1. The first kappa shape index (κ1) is 24.9. The lowest BCUT2D eigenvalue weighted by atomic mass is 9.87. The summed E-state index contributed by atoms with van der Waals surface area (Å²) < 4.78 is 5.72. The van der Waals surface area contributed by atoms with Crippen LogP contribution in [-0.4, -0.2) is 70.8 Å². The number of nitrogens with one attached hydrogen (secondary N) is 4. The molecule has 4 heterocycles. The normalized spacial score (nSPS) is 13.8. The highest BCUT2D eigenvalue weighted by atomic mass is 16.5. The maximum atomic E-state index is 12.3. The Kier molecular flexibility index (Phi) is 8.31. The number of amides is 1. The number of hydrogen-bond donors (Lipinski definition) is 4. The summed E-state index contributed by atoms with van der Waals surface area (Å²) in [6.07, 6.45) is 4.90. The van der Waals surface area contributed by atoms with E-state index in [1.807, 2.05) is 36.1 Å². The van der Waals surface area contributed by atoms with Crippen LogP contribution in [0.3, 0.4) is 0 Å². The van der Waals surface area contributed by atoms with Crippen molar-refractivity contribution >= 4 is 23.4 Å². The first-order valence-electron chi connectivity index (χ1n) is 12.0. The number of rotatable bonds is 10. The van der Waals surface area contributed by atoms with Crippen LogP contribution in [0.1, 0.15) is 35.6 Å². The van der Waals surface area contributed by atoms with Gasteiger partial charge in [-0.3, -0.25) is 14.9 Å². The van der Waals surface area contributed by atoms with Gasteiger partial charge in [-0.15, -0.1) is 0 Å². The number of anilines is 3. The Bertz CT molecular complexity index is 1200. The first-order chi connectivity index (χ1) is 17.6. The van der Waals surface area contributed by atoms with E-state index in [0.717, 1.165) is 24.1 Å². The second-order valence-electron chi connectivity index (χ2n) is 8.64. The van der Waals surface area contributed by atoms with Crippen molar-refractivity contribution in [3.05, 3.63) is 53.5 Å². The molecule has 3 aromatic heterocycles. The molecule has 1 saturated heterocycles. The lowest BCUT2D eigenvalue weighted by Crippen LogP contribution is -2.42. The van der Waals surface area contributed by atoms with Gasteiger partial charge in [0.1, 0.15) is 30.1 Å². The number of nitrogens with zero attached hydrogens (tertiary/aromatic N) is 5. The number of ether oxygens (including phenoxy) is 1. The molecule has 188 valence electrons. The number of aromatic amines is 1. The number of carbonyl (C=O) groups excluding carboxylic acids is 1. The monoisotopic (exact) mass is 489 g/mol. The van der Waals surface area contributed by atoms with Crippen LogP contribution in [0.25, 0.3) is 0 Å². The quantitative estimate of drug-likeness (QED) is 0.316. The molecule has 4 rings (SSSR count). The van der Waals surface area contributed by atoms with Crippen molar-refractivity contribution in [2.24, 2.45) is 0 Å². The van der Waals surface area contributed by atoms with Gasteiger partial charge in [-0.2, -0.15) is 10.4 Å². The average Bonchev–Trinajstić information content (AvgIpc) is 3.31. The summed E-state index contributed by atoms with van der Waals surface area (Å²) in [4.78, 5) is 22.9. The number of likely N-dealkylation sites (N-methyl/N-ethyl adjacent to an activating group) is 1. The minimum atomic E-state index is 0.0958. The van der Waals surface area contributed by atoms with Crippen LogP contribution in [-0.2, 0) is 4.79 Å². The van der Waals surface area contributed by atoms with Gasteiger partial charge in [0, 0.05) is 31.0 Å². The van der Waals surface area contributed by atoms with Crippen molar-refractivity contribution in [3.8, 4) is 11.8 Å². The topological polar surface area (TPSA) is 144 Å². The van der Waals surface area contributed by atoms with Gasteiger partial charge >= 0.3 is 0 Å². The number of aromatic nitrogens is 4. The Labute approximate surface area is 210 Å². The fourth-order valence-electron chi connectivity index (χ4n) is 4.28. The standard InChI is InChI=1S/C25H31N9O2/c1-17-12-23(33-32-17)30-22-13-20(18-5-9-34(10-6-18)24(35)16-27-2)21(14-26)25(31-22)29-8-11-36-19-4-3-7-28-15-19/h3-4,7,12-13,15,18,27H,5-6,8-11,16H2,1-2H3,(H3,29,30,31,32,33). The number of pyridine rings is 2. The van der Waals surface area contributed by atoms with Crippen LogP contribution in [0.5, 0.6) is 5.75 Å². The van der Waals surface area contributed by atoms with Gasteiger partial charge in [0.15, 0.2) is 5.82 Å². The third kappa shape index (κ3) is 6.28. The fraction of sp³-hybridized carbons (Fsp3) is 0.400. The van der Waals surface area contributed by atoms with E-state index in [-0.39, 0.29) is 11.8 Å². The molecule has 3 aromatic rings. The smallest absolute Gasteiger partial charge is 0.236 e. The number of carbonyl (C=O) groups is 1. The predicted molar refractivity (Wildman–Crippen MR) is 136 cm³/mol. The van der Waals surface area contributed by atoms with Gasteiger partial charge in [-0.05, 0) is 56.5 Å². The molecule has 4 N–H and O–H groups in total. The van der Waals surface area contributed by atoms with Gasteiger partial charge < -0.3 is 25.6 Å².